The first-order chi connectivity index (χ1) is 14.5. The van der Waals surface area contributed by atoms with Crippen LogP contribution < -0.4 is 14.2 Å². The van der Waals surface area contributed by atoms with E-state index in [-0.39, 0.29) is 30.9 Å². The standard InChI is InChI=1S/C23H21NO5S/c1-4-11-29-19-9-8-17(14-20(19)27-3)15-21-22(25)24(23(26)30-21)10-12-28-18-7-5-6-16(2)13-18/h1,5-9,13-15H,10-12H2,2-3H3/b21-15-. The Labute approximate surface area is 179 Å². The van der Waals surface area contributed by atoms with Crippen LogP contribution in [0.25, 0.3) is 6.08 Å². The van der Waals surface area contributed by atoms with Gasteiger partial charge < -0.3 is 14.2 Å². The van der Waals surface area contributed by atoms with Crippen LogP contribution >= 0.6 is 11.8 Å². The number of amides is 2. The largest absolute Gasteiger partial charge is 0.493 e. The number of carbonyl (C=O) groups is 2. The number of nitrogens with zero attached hydrogens (tertiary/aromatic N) is 1. The number of thioether (sulfide) groups is 1. The first kappa shape index (κ1) is 21.3. The lowest BCUT2D eigenvalue weighted by atomic mass is 10.2. The van der Waals surface area contributed by atoms with Crippen molar-refractivity contribution in [3.05, 3.63) is 58.5 Å². The number of methoxy groups -OCH3 is 1. The molecule has 30 heavy (non-hydrogen) atoms. The molecule has 1 heterocycles. The van der Waals surface area contributed by atoms with Crippen LogP contribution in [-0.2, 0) is 4.79 Å². The Hall–Kier alpha value is -3.37. The smallest absolute Gasteiger partial charge is 0.293 e. The molecule has 3 rings (SSSR count). The van der Waals surface area contributed by atoms with E-state index in [1.165, 1.54) is 12.0 Å². The maximum absolute atomic E-state index is 12.7. The summed E-state index contributed by atoms with van der Waals surface area (Å²) in [6.45, 7) is 2.50. The molecule has 0 aliphatic carbocycles. The molecular formula is C23H21NO5S. The minimum absolute atomic E-state index is 0.124. The highest BCUT2D eigenvalue weighted by atomic mass is 32.2. The number of rotatable bonds is 8. The molecule has 6 nitrogen and oxygen atoms in total. The number of hydrogen-bond donors (Lipinski definition) is 0. The van der Waals surface area contributed by atoms with Gasteiger partial charge in [0.15, 0.2) is 11.5 Å². The van der Waals surface area contributed by atoms with Crippen LogP contribution in [0.3, 0.4) is 0 Å². The molecule has 0 spiro atoms. The van der Waals surface area contributed by atoms with E-state index in [1.807, 2.05) is 31.2 Å². The van der Waals surface area contributed by atoms with Gasteiger partial charge in [-0.25, -0.2) is 0 Å². The Morgan fingerprint density at radius 1 is 1.13 bits per heavy atom. The third-order valence-electron chi connectivity index (χ3n) is 4.24. The van der Waals surface area contributed by atoms with Crippen LogP contribution in [0.1, 0.15) is 11.1 Å². The van der Waals surface area contributed by atoms with Gasteiger partial charge in [0.2, 0.25) is 0 Å². The molecule has 1 aliphatic heterocycles. The Balaban J connectivity index is 1.66. The van der Waals surface area contributed by atoms with Crippen LogP contribution in [0.5, 0.6) is 17.2 Å². The van der Waals surface area contributed by atoms with Crippen molar-refractivity contribution in [3.8, 4) is 29.6 Å². The van der Waals surface area contributed by atoms with Crippen molar-refractivity contribution in [2.24, 2.45) is 0 Å². The van der Waals surface area contributed by atoms with Gasteiger partial charge in [-0.3, -0.25) is 14.5 Å². The highest BCUT2D eigenvalue weighted by Crippen LogP contribution is 2.34. The van der Waals surface area contributed by atoms with Crippen LogP contribution in [0, 0.1) is 19.3 Å². The molecule has 0 unspecified atom stereocenters. The van der Waals surface area contributed by atoms with Crippen LogP contribution in [0.15, 0.2) is 47.4 Å². The molecular weight excluding hydrogens is 402 g/mol. The Morgan fingerprint density at radius 2 is 1.97 bits per heavy atom. The van der Waals surface area contributed by atoms with Gasteiger partial charge in [-0.1, -0.05) is 24.1 Å². The zero-order chi connectivity index (χ0) is 21.5. The van der Waals surface area contributed by atoms with Crippen molar-refractivity contribution >= 4 is 29.0 Å². The van der Waals surface area contributed by atoms with E-state index in [9.17, 15) is 9.59 Å². The van der Waals surface area contributed by atoms with E-state index in [1.54, 1.807) is 24.3 Å². The molecule has 0 radical (unpaired) electrons. The summed E-state index contributed by atoms with van der Waals surface area (Å²) >= 11 is 0.901. The fraction of sp³-hybridized carbons (Fsp3) is 0.217. The summed E-state index contributed by atoms with van der Waals surface area (Å²) in [4.78, 5) is 26.5. The molecule has 0 saturated carbocycles. The third kappa shape index (κ3) is 5.16. The normalized spacial score (nSPS) is 14.7. The summed E-state index contributed by atoms with van der Waals surface area (Å²) in [5.41, 5.74) is 1.79. The summed E-state index contributed by atoms with van der Waals surface area (Å²) in [6, 6.07) is 12.8. The Morgan fingerprint density at radius 3 is 2.70 bits per heavy atom. The molecule has 1 saturated heterocycles. The quantitative estimate of drug-likeness (QED) is 0.470. The van der Waals surface area contributed by atoms with Crippen LogP contribution in [0.2, 0.25) is 0 Å². The first-order valence-electron chi connectivity index (χ1n) is 9.21. The van der Waals surface area contributed by atoms with Gasteiger partial charge in [0, 0.05) is 0 Å². The zero-order valence-corrected chi connectivity index (χ0v) is 17.5. The average Bonchev–Trinajstić information content (AvgIpc) is 3.00. The molecule has 2 aromatic rings. The van der Waals surface area contributed by atoms with E-state index in [0.717, 1.165) is 17.3 Å². The van der Waals surface area contributed by atoms with Gasteiger partial charge in [-0.05, 0) is 60.2 Å². The molecule has 0 aromatic heterocycles. The molecule has 1 fully saturated rings. The molecule has 154 valence electrons. The predicted octanol–water partition coefficient (Wildman–Crippen LogP) is 4.13. The number of benzene rings is 2. The SMILES string of the molecule is C#CCOc1ccc(/C=C2\SC(=O)N(CCOc3cccc(C)c3)C2=O)cc1OC. The fourth-order valence-electron chi connectivity index (χ4n) is 2.82. The number of terminal acetylenes is 1. The minimum Gasteiger partial charge on any atom is -0.493 e. The maximum atomic E-state index is 12.7. The third-order valence-corrected chi connectivity index (χ3v) is 5.15. The van der Waals surface area contributed by atoms with E-state index in [0.29, 0.717) is 27.7 Å². The number of ether oxygens (including phenoxy) is 3. The Bertz CT molecular complexity index is 1020. The lowest BCUT2D eigenvalue weighted by Crippen LogP contribution is -2.32. The van der Waals surface area contributed by atoms with Crippen LogP contribution in [0.4, 0.5) is 4.79 Å². The highest BCUT2D eigenvalue weighted by molar-refractivity contribution is 8.18. The summed E-state index contributed by atoms with van der Waals surface area (Å²) in [5, 5.41) is -0.319. The van der Waals surface area contributed by atoms with E-state index in [4.69, 9.17) is 20.6 Å². The topological polar surface area (TPSA) is 65.1 Å². The minimum atomic E-state index is -0.343. The number of carbonyl (C=O) groups excluding carboxylic acids is 2. The summed E-state index contributed by atoms with van der Waals surface area (Å²) in [6.07, 6.45) is 6.86. The van der Waals surface area contributed by atoms with Gasteiger partial charge in [0.25, 0.3) is 11.1 Å². The number of imide groups is 1. The molecule has 0 N–H and O–H groups in total. The van der Waals surface area contributed by atoms with Gasteiger partial charge in [-0.15, -0.1) is 6.42 Å². The van der Waals surface area contributed by atoms with Crippen molar-refractivity contribution in [1.82, 2.24) is 4.90 Å². The van der Waals surface area contributed by atoms with Gasteiger partial charge in [0.1, 0.15) is 19.0 Å². The zero-order valence-electron chi connectivity index (χ0n) is 16.7. The van der Waals surface area contributed by atoms with Crippen molar-refractivity contribution in [2.45, 2.75) is 6.92 Å². The lowest BCUT2D eigenvalue weighted by molar-refractivity contribution is -0.123. The van der Waals surface area contributed by atoms with Crippen molar-refractivity contribution in [2.75, 3.05) is 26.9 Å². The molecule has 7 heteroatoms. The fourth-order valence-corrected chi connectivity index (χ4v) is 3.68. The average molecular weight is 423 g/mol. The summed E-state index contributed by atoms with van der Waals surface area (Å²) in [5.74, 6) is 3.76. The maximum Gasteiger partial charge on any atom is 0.293 e. The van der Waals surface area contributed by atoms with E-state index in [2.05, 4.69) is 5.92 Å². The van der Waals surface area contributed by atoms with Gasteiger partial charge in [-0.2, -0.15) is 0 Å². The summed E-state index contributed by atoms with van der Waals surface area (Å²) < 4.78 is 16.4. The van der Waals surface area contributed by atoms with E-state index >= 15 is 0 Å². The number of hydrogen-bond acceptors (Lipinski definition) is 6. The molecule has 1 aliphatic rings. The van der Waals surface area contributed by atoms with Gasteiger partial charge in [0.05, 0.1) is 18.6 Å². The number of aryl methyl sites for hydroxylation is 1. The Kier molecular flexibility index (Phi) is 7.04. The van der Waals surface area contributed by atoms with Crippen molar-refractivity contribution in [1.29, 1.82) is 0 Å². The summed E-state index contributed by atoms with van der Waals surface area (Å²) in [7, 11) is 1.52. The van der Waals surface area contributed by atoms with Crippen molar-refractivity contribution < 1.29 is 23.8 Å². The lowest BCUT2D eigenvalue weighted by Gasteiger charge is -2.13. The molecule has 0 bridgehead atoms. The second kappa shape index (κ2) is 9.90. The van der Waals surface area contributed by atoms with Gasteiger partial charge >= 0.3 is 0 Å². The van der Waals surface area contributed by atoms with Crippen molar-refractivity contribution in [3.63, 3.8) is 0 Å². The molecule has 2 amide bonds. The second-order valence-electron chi connectivity index (χ2n) is 6.40. The van der Waals surface area contributed by atoms with E-state index < -0.39 is 0 Å². The molecule has 0 atom stereocenters. The monoisotopic (exact) mass is 423 g/mol. The highest BCUT2D eigenvalue weighted by Gasteiger charge is 2.34. The predicted molar refractivity (Wildman–Crippen MR) is 117 cm³/mol. The first-order valence-corrected chi connectivity index (χ1v) is 10.0. The molecule has 2 aromatic carbocycles. The van der Waals surface area contributed by atoms with Crippen LogP contribution in [-0.4, -0.2) is 42.9 Å². The second-order valence-corrected chi connectivity index (χ2v) is 7.39.